The molecule has 12 heteroatoms. The fraction of sp³-hybridized carbons (Fsp3) is 0.280. The number of rotatable bonds is 7. The van der Waals surface area contributed by atoms with Crippen LogP contribution in [0.5, 0.6) is 11.6 Å². The van der Waals surface area contributed by atoms with E-state index in [1.807, 2.05) is 20.0 Å². The Bertz CT molecular complexity index is 1510. The topological polar surface area (TPSA) is 162 Å². The van der Waals surface area contributed by atoms with Crippen LogP contribution in [0.4, 0.5) is 11.5 Å². The maximum atomic E-state index is 12.7. The van der Waals surface area contributed by atoms with Gasteiger partial charge in [-0.15, -0.1) is 0 Å². The lowest BCUT2D eigenvalue weighted by molar-refractivity contribution is -0.0589. The van der Waals surface area contributed by atoms with Crippen molar-refractivity contribution < 1.29 is 19.7 Å². The van der Waals surface area contributed by atoms with Gasteiger partial charge in [0.05, 0.1) is 42.4 Å². The molecule has 0 radical (unpaired) electrons. The number of carbonyl (C=O) groups is 1. The number of likely N-dealkylation sites (tertiary alicyclic amines) is 1. The van der Waals surface area contributed by atoms with Crippen molar-refractivity contribution >= 4 is 28.6 Å². The van der Waals surface area contributed by atoms with Crippen molar-refractivity contribution in [3.8, 4) is 17.7 Å². The van der Waals surface area contributed by atoms with Gasteiger partial charge >= 0.3 is 0 Å². The monoisotopic (exact) mass is 500 g/mol. The van der Waals surface area contributed by atoms with E-state index < -0.39 is 5.41 Å². The number of nitriles is 1. The highest BCUT2D eigenvalue weighted by Crippen LogP contribution is 2.32. The summed E-state index contributed by atoms with van der Waals surface area (Å²) < 4.78 is 7.74. The second kappa shape index (κ2) is 9.45. The lowest BCUT2D eigenvalue weighted by atomic mass is 9.81. The molecule has 188 valence electrons. The van der Waals surface area contributed by atoms with E-state index in [4.69, 9.17) is 10.00 Å². The predicted molar refractivity (Wildman–Crippen MR) is 132 cm³/mol. The van der Waals surface area contributed by atoms with Crippen molar-refractivity contribution in [2.24, 2.45) is 12.5 Å². The van der Waals surface area contributed by atoms with Crippen molar-refractivity contribution in [2.45, 2.75) is 6.92 Å². The van der Waals surface area contributed by atoms with Gasteiger partial charge in [0, 0.05) is 32.4 Å². The first kappa shape index (κ1) is 24.1. The Labute approximate surface area is 211 Å². The number of aromatic nitrogens is 5. The van der Waals surface area contributed by atoms with Crippen LogP contribution < -0.4 is 10.1 Å². The normalized spacial score (nSPS) is 14.2. The molecule has 0 aromatic carbocycles. The summed E-state index contributed by atoms with van der Waals surface area (Å²) in [6.45, 7) is 2.07. The molecule has 0 spiro atoms. The number of hydrogen-bond donors (Lipinski definition) is 3. The lowest BCUT2D eigenvalue weighted by Crippen LogP contribution is -2.62. The van der Waals surface area contributed by atoms with Crippen LogP contribution >= 0.6 is 0 Å². The van der Waals surface area contributed by atoms with Gasteiger partial charge in [-0.1, -0.05) is 0 Å². The lowest BCUT2D eigenvalue weighted by Gasteiger charge is -2.48. The zero-order chi connectivity index (χ0) is 26.2. The maximum Gasteiger partial charge on any atom is 0.255 e. The number of amides is 1. The summed E-state index contributed by atoms with van der Waals surface area (Å²) in [5.41, 5.74) is 2.60. The molecule has 12 nitrogen and oxygen atoms in total. The Morgan fingerprint density at radius 3 is 2.62 bits per heavy atom. The molecule has 1 amide bonds. The Balaban J connectivity index is 1.37. The Kier molecular flexibility index (Phi) is 6.16. The second-order valence-corrected chi connectivity index (χ2v) is 9.12. The zero-order valence-corrected chi connectivity index (χ0v) is 20.2. The van der Waals surface area contributed by atoms with Gasteiger partial charge in [-0.3, -0.25) is 4.79 Å². The molecule has 0 aliphatic carbocycles. The maximum absolute atomic E-state index is 12.7. The number of nitrogens with zero attached hydrogens (tertiary/aromatic N) is 7. The molecule has 0 bridgehead atoms. The minimum atomic E-state index is -0.633. The molecule has 4 aromatic heterocycles. The molecule has 0 atom stereocenters. The van der Waals surface area contributed by atoms with Crippen LogP contribution in [0.25, 0.3) is 11.2 Å². The van der Waals surface area contributed by atoms with Crippen LogP contribution in [0.1, 0.15) is 21.6 Å². The molecular formula is C25H24N8O4. The smallest absolute Gasteiger partial charge is 0.255 e. The highest BCUT2D eigenvalue weighted by molar-refractivity contribution is 5.95. The summed E-state index contributed by atoms with van der Waals surface area (Å²) in [6, 6.07) is 8.67. The quantitative estimate of drug-likeness (QED) is 0.342. The standard InChI is InChI=1S/C25H24N8O4/c1-15-5-17(7-26)27-9-19(15)37-21-6-18(22-23(31-21)32(2)14-29-22)30-20-4-3-16(8-28-20)24(36)33-10-25(11-33,12-34)13-35/h3-6,8-9,14,34-35H,10-13H2,1-2H3,(H,28,30,31). The number of nitrogens with one attached hydrogen (secondary N) is 1. The van der Waals surface area contributed by atoms with Crippen molar-refractivity contribution in [1.29, 1.82) is 5.26 Å². The minimum Gasteiger partial charge on any atom is -0.437 e. The van der Waals surface area contributed by atoms with E-state index in [9.17, 15) is 15.0 Å². The third kappa shape index (κ3) is 4.53. The molecule has 5 heterocycles. The Hall–Kier alpha value is -4.60. The molecule has 1 saturated heterocycles. The molecule has 3 N–H and O–H groups in total. The van der Waals surface area contributed by atoms with Crippen LogP contribution in [-0.4, -0.2) is 71.8 Å². The first-order chi connectivity index (χ1) is 17.8. The number of carbonyl (C=O) groups excluding carboxylic acids is 1. The fourth-order valence-electron chi connectivity index (χ4n) is 4.12. The van der Waals surface area contributed by atoms with E-state index >= 15 is 0 Å². The summed E-state index contributed by atoms with van der Waals surface area (Å²) in [7, 11) is 1.82. The van der Waals surface area contributed by atoms with Gasteiger partial charge in [-0.05, 0) is 30.7 Å². The van der Waals surface area contributed by atoms with Gasteiger partial charge in [0.1, 0.15) is 23.1 Å². The van der Waals surface area contributed by atoms with Gasteiger partial charge in [-0.25, -0.2) is 15.0 Å². The molecule has 5 rings (SSSR count). The number of fused-ring (bicyclic) bond motifs is 1. The summed E-state index contributed by atoms with van der Waals surface area (Å²) in [5.74, 6) is 1.04. The molecule has 1 aliphatic heterocycles. The van der Waals surface area contributed by atoms with Crippen molar-refractivity contribution in [2.75, 3.05) is 31.6 Å². The first-order valence-electron chi connectivity index (χ1n) is 11.5. The van der Waals surface area contributed by atoms with Crippen LogP contribution in [0.15, 0.2) is 43.0 Å². The van der Waals surface area contributed by atoms with Gasteiger partial charge in [0.25, 0.3) is 5.91 Å². The third-order valence-electron chi connectivity index (χ3n) is 6.32. The summed E-state index contributed by atoms with van der Waals surface area (Å²) in [5, 5.41) is 31.2. The number of aryl methyl sites for hydroxylation is 2. The first-order valence-corrected chi connectivity index (χ1v) is 11.5. The SMILES string of the molecule is Cc1cc(C#N)ncc1Oc1cc(Nc2ccc(C(=O)N3CC(CO)(CO)C3)cn2)c2ncn(C)c2n1. The number of hydrogen-bond acceptors (Lipinski definition) is 10. The van der Waals surface area contributed by atoms with Crippen LogP contribution in [0.2, 0.25) is 0 Å². The van der Waals surface area contributed by atoms with Crippen molar-refractivity contribution in [3.05, 3.63) is 59.8 Å². The van der Waals surface area contributed by atoms with E-state index in [2.05, 4.69) is 25.3 Å². The number of imidazole rings is 1. The van der Waals surface area contributed by atoms with E-state index in [0.29, 0.717) is 58.6 Å². The van der Waals surface area contributed by atoms with Crippen molar-refractivity contribution in [3.63, 3.8) is 0 Å². The predicted octanol–water partition coefficient (Wildman–Crippen LogP) is 1.90. The average Bonchev–Trinajstić information content (AvgIpc) is 3.26. The van der Waals surface area contributed by atoms with Crippen LogP contribution in [0.3, 0.4) is 0 Å². The van der Waals surface area contributed by atoms with Gasteiger partial charge < -0.3 is 29.7 Å². The molecule has 37 heavy (non-hydrogen) atoms. The highest BCUT2D eigenvalue weighted by Gasteiger charge is 2.44. The fourth-order valence-corrected chi connectivity index (χ4v) is 4.12. The summed E-state index contributed by atoms with van der Waals surface area (Å²) in [4.78, 5) is 31.7. The average molecular weight is 501 g/mol. The van der Waals surface area contributed by atoms with E-state index in [0.717, 1.165) is 5.56 Å². The van der Waals surface area contributed by atoms with Crippen LogP contribution in [0, 0.1) is 23.7 Å². The van der Waals surface area contributed by atoms with E-state index in [1.165, 1.54) is 12.4 Å². The number of ether oxygens (including phenoxy) is 1. The second-order valence-electron chi connectivity index (χ2n) is 9.12. The summed E-state index contributed by atoms with van der Waals surface area (Å²) >= 11 is 0. The van der Waals surface area contributed by atoms with Crippen LogP contribution in [-0.2, 0) is 7.05 Å². The minimum absolute atomic E-state index is 0.171. The molecule has 4 aromatic rings. The number of anilines is 2. The van der Waals surface area contributed by atoms with Crippen molar-refractivity contribution in [1.82, 2.24) is 29.4 Å². The Morgan fingerprint density at radius 2 is 1.97 bits per heavy atom. The highest BCUT2D eigenvalue weighted by atomic mass is 16.5. The molecule has 1 fully saturated rings. The molecular weight excluding hydrogens is 476 g/mol. The summed E-state index contributed by atoms with van der Waals surface area (Å²) in [6.07, 6.45) is 4.60. The number of aliphatic hydroxyl groups excluding tert-OH is 2. The molecule has 1 aliphatic rings. The molecule has 0 unspecified atom stereocenters. The Morgan fingerprint density at radius 1 is 1.19 bits per heavy atom. The van der Waals surface area contributed by atoms with E-state index in [-0.39, 0.29) is 19.1 Å². The largest absolute Gasteiger partial charge is 0.437 e. The van der Waals surface area contributed by atoms with Gasteiger partial charge in [-0.2, -0.15) is 10.2 Å². The molecule has 0 saturated carbocycles. The van der Waals surface area contributed by atoms with Gasteiger partial charge in [0.15, 0.2) is 11.4 Å². The number of aliphatic hydroxyl groups is 2. The zero-order valence-electron chi connectivity index (χ0n) is 20.2. The van der Waals surface area contributed by atoms with E-state index in [1.54, 1.807) is 40.1 Å². The van der Waals surface area contributed by atoms with Gasteiger partial charge in [0.2, 0.25) is 5.88 Å². The third-order valence-corrected chi connectivity index (χ3v) is 6.32. The number of pyridine rings is 3.